The van der Waals surface area contributed by atoms with E-state index in [1.165, 1.54) is 32.3 Å². The second-order valence-corrected chi connectivity index (χ2v) is 6.27. The maximum atomic E-state index is 12.4. The van der Waals surface area contributed by atoms with Gasteiger partial charge in [0.15, 0.2) is 11.5 Å². The molecule has 0 atom stereocenters. The zero-order chi connectivity index (χ0) is 22.1. The van der Waals surface area contributed by atoms with Crippen molar-refractivity contribution < 1.29 is 28.5 Å². The molecule has 0 aliphatic rings. The normalized spacial score (nSPS) is 10.4. The molecular weight excluding hydrogens is 388 g/mol. The fraction of sp³-hybridized carbons (Fsp3) is 0.273. The lowest BCUT2D eigenvalue weighted by Crippen LogP contribution is -2.33. The summed E-state index contributed by atoms with van der Waals surface area (Å²) in [6, 6.07) is 10.4. The number of ether oxygens (including phenoxy) is 4. The van der Waals surface area contributed by atoms with Gasteiger partial charge in [0.2, 0.25) is 17.6 Å². The molecule has 0 fully saturated rings. The van der Waals surface area contributed by atoms with E-state index >= 15 is 0 Å². The number of likely N-dealkylation sites (N-methyl/N-ethyl adjacent to an activating group) is 1. The molecule has 2 aromatic rings. The van der Waals surface area contributed by atoms with E-state index in [-0.39, 0.29) is 18.4 Å². The van der Waals surface area contributed by atoms with Crippen LogP contribution < -0.4 is 24.3 Å². The molecule has 0 heterocycles. The Morgan fingerprint density at radius 1 is 0.967 bits per heavy atom. The van der Waals surface area contributed by atoms with E-state index in [1.807, 2.05) is 0 Å². The van der Waals surface area contributed by atoms with E-state index in [4.69, 9.17) is 18.9 Å². The van der Waals surface area contributed by atoms with Crippen molar-refractivity contribution in [2.45, 2.75) is 0 Å². The Morgan fingerprint density at radius 3 is 2.20 bits per heavy atom. The zero-order valence-corrected chi connectivity index (χ0v) is 17.7. The molecule has 8 heteroatoms. The number of amides is 2. The Labute approximate surface area is 176 Å². The van der Waals surface area contributed by atoms with Crippen LogP contribution in [0.3, 0.4) is 0 Å². The van der Waals surface area contributed by atoms with Crippen LogP contribution in [-0.4, -0.2) is 58.7 Å². The number of methoxy groups -OCH3 is 4. The summed E-state index contributed by atoms with van der Waals surface area (Å²) in [7, 11) is 7.65. The van der Waals surface area contributed by atoms with Crippen molar-refractivity contribution in [3.63, 3.8) is 0 Å². The first kappa shape index (κ1) is 22.6. The average molecular weight is 414 g/mol. The molecule has 0 aliphatic heterocycles. The van der Waals surface area contributed by atoms with Gasteiger partial charge in [-0.2, -0.15) is 0 Å². The van der Waals surface area contributed by atoms with Crippen LogP contribution >= 0.6 is 0 Å². The van der Waals surface area contributed by atoms with Gasteiger partial charge in [-0.25, -0.2) is 0 Å². The summed E-state index contributed by atoms with van der Waals surface area (Å²) >= 11 is 0. The second-order valence-electron chi connectivity index (χ2n) is 6.27. The molecule has 8 nitrogen and oxygen atoms in total. The molecule has 2 aromatic carbocycles. The Bertz CT molecular complexity index is 901. The molecule has 2 amide bonds. The van der Waals surface area contributed by atoms with Gasteiger partial charge in [-0.3, -0.25) is 9.59 Å². The van der Waals surface area contributed by atoms with Crippen molar-refractivity contribution in [1.82, 2.24) is 4.90 Å². The van der Waals surface area contributed by atoms with Gasteiger partial charge in [0.05, 0.1) is 35.0 Å². The Morgan fingerprint density at radius 2 is 1.63 bits per heavy atom. The minimum atomic E-state index is -0.329. The fourth-order valence-corrected chi connectivity index (χ4v) is 2.69. The highest BCUT2D eigenvalue weighted by Crippen LogP contribution is 2.38. The molecule has 0 aliphatic carbocycles. The number of benzene rings is 2. The van der Waals surface area contributed by atoms with Crippen molar-refractivity contribution in [2.75, 3.05) is 47.3 Å². The number of rotatable bonds is 9. The third-order valence-electron chi connectivity index (χ3n) is 4.22. The van der Waals surface area contributed by atoms with Crippen LogP contribution in [0, 0.1) is 0 Å². The summed E-state index contributed by atoms with van der Waals surface area (Å²) in [5.41, 5.74) is 1.28. The van der Waals surface area contributed by atoms with Crippen molar-refractivity contribution in [3.8, 4) is 23.0 Å². The van der Waals surface area contributed by atoms with Crippen LogP contribution in [0.25, 0.3) is 6.08 Å². The Kier molecular flexibility index (Phi) is 8.10. The Balaban J connectivity index is 2.02. The van der Waals surface area contributed by atoms with Gasteiger partial charge in [0.25, 0.3) is 0 Å². The van der Waals surface area contributed by atoms with E-state index < -0.39 is 0 Å². The summed E-state index contributed by atoms with van der Waals surface area (Å²) in [4.78, 5) is 25.9. The molecule has 0 bridgehead atoms. The molecule has 0 saturated carbocycles. The third kappa shape index (κ3) is 5.91. The van der Waals surface area contributed by atoms with Gasteiger partial charge in [-0.15, -0.1) is 0 Å². The summed E-state index contributed by atoms with van der Waals surface area (Å²) in [5.74, 6) is 1.41. The predicted molar refractivity (Wildman–Crippen MR) is 114 cm³/mol. The number of hydrogen-bond donors (Lipinski definition) is 1. The lowest BCUT2D eigenvalue weighted by atomic mass is 10.1. The molecular formula is C22H26N2O6. The van der Waals surface area contributed by atoms with Crippen molar-refractivity contribution in [3.05, 3.63) is 48.0 Å². The topological polar surface area (TPSA) is 86.3 Å². The predicted octanol–water partition coefficient (Wildman–Crippen LogP) is 2.83. The number of nitrogens with zero attached hydrogens (tertiary/aromatic N) is 1. The van der Waals surface area contributed by atoms with E-state index in [0.717, 1.165) is 0 Å². The summed E-state index contributed by atoms with van der Waals surface area (Å²) < 4.78 is 21.0. The number of anilines is 1. The fourth-order valence-electron chi connectivity index (χ4n) is 2.69. The highest BCUT2D eigenvalue weighted by molar-refractivity contribution is 5.98. The lowest BCUT2D eigenvalue weighted by molar-refractivity contribution is -0.129. The zero-order valence-electron chi connectivity index (χ0n) is 17.7. The molecule has 1 N–H and O–H groups in total. The SMILES string of the molecule is COc1cccc(NC(=O)CN(C)C(=O)/C=C/c2cc(OC)c(OC)c(OC)c2)c1. The number of carbonyl (C=O) groups excluding carboxylic acids is 2. The molecule has 0 radical (unpaired) electrons. The largest absolute Gasteiger partial charge is 0.497 e. The monoisotopic (exact) mass is 414 g/mol. The lowest BCUT2D eigenvalue weighted by Gasteiger charge is -2.15. The van der Waals surface area contributed by atoms with Gasteiger partial charge in [-0.05, 0) is 35.9 Å². The van der Waals surface area contributed by atoms with Crippen LogP contribution in [0.2, 0.25) is 0 Å². The maximum Gasteiger partial charge on any atom is 0.246 e. The van der Waals surface area contributed by atoms with E-state index in [9.17, 15) is 9.59 Å². The number of carbonyl (C=O) groups is 2. The summed E-state index contributed by atoms with van der Waals surface area (Å²) in [6.45, 7) is -0.102. The average Bonchev–Trinajstić information content (AvgIpc) is 2.76. The molecule has 0 saturated heterocycles. The molecule has 0 aromatic heterocycles. The molecule has 2 rings (SSSR count). The smallest absolute Gasteiger partial charge is 0.246 e. The highest BCUT2D eigenvalue weighted by Gasteiger charge is 2.14. The summed E-state index contributed by atoms with van der Waals surface area (Å²) in [5, 5.41) is 2.74. The first-order valence-corrected chi connectivity index (χ1v) is 9.09. The van der Waals surface area contributed by atoms with E-state index in [0.29, 0.717) is 34.2 Å². The third-order valence-corrected chi connectivity index (χ3v) is 4.22. The first-order valence-electron chi connectivity index (χ1n) is 9.09. The van der Waals surface area contributed by atoms with Gasteiger partial charge in [-0.1, -0.05) is 6.07 Å². The van der Waals surface area contributed by atoms with Crippen LogP contribution in [0.15, 0.2) is 42.5 Å². The van der Waals surface area contributed by atoms with Crippen LogP contribution in [0.1, 0.15) is 5.56 Å². The first-order chi connectivity index (χ1) is 14.4. The van der Waals surface area contributed by atoms with Crippen molar-refractivity contribution >= 4 is 23.6 Å². The standard InChI is InChI=1S/C22H26N2O6/c1-24(14-20(25)23-16-7-6-8-17(13-16)27-2)21(26)10-9-15-11-18(28-3)22(30-5)19(12-15)29-4/h6-13H,14H2,1-5H3,(H,23,25)/b10-9+. The van der Waals surface area contributed by atoms with Gasteiger partial charge < -0.3 is 29.2 Å². The quantitative estimate of drug-likeness (QED) is 0.635. The van der Waals surface area contributed by atoms with Gasteiger partial charge in [0.1, 0.15) is 5.75 Å². The van der Waals surface area contributed by atoms with Gasteiger partial charge in [0, 0.05) is 24.9 Å². The molecule has 160 valence electrons. The van der Waals surface area contributed by atoms with Crippen LogP contribution in [-0.2, 0) is 9.59 Å². The molecule has 30 heavy (non-hydrogen) atoms. The minimum Gasteiger partial charge on any atom is -0.497 e. The van der Waals surface area contributed by atoms with E-state index in [1.54, 1.807) is 56.6 Å². The number of hydrogen-bond acceptors (Lipinski definition) is 6. The van der Waals surface area contributed by atoms with Crippen molar-refractivity contribution in [1.29, 1.82) is 0 Å². The summed E-state index contributed by atoms with van der Waals surface area (Å²) in [6.07, 6.45) is 2.99. The van der Waals surface area contributed by atoms with Crippen LogP contribution in [0.5, 0.6) is 23.0 Å². The molecule has 0 spiro atoms. The van der Waals surface area contributed by atoms with Crippen LogP contribution in [0.4, 0.5) is 5.69 Å². The Hall–Kier alpha value is -3.68. The maximum absolute atomic E-state index is 12.4. The van der Waals surface area contributed by atoms with Gasteiger partial charge >= 0.3 is 0 Å². The van der Waals surface area contributed by atoms with Crippen molar-refractivity contribution in [2.24, 2.45) is 0 Å². The second kappa shape index (κ2) is 10.8. The minimum absolute atomic E-state index is 0.102. The van der Waals surface area contributed by atoms with E-state index in [2.05, 4.69) is 5.32 Å². The molecule has 0 unspecified atom stereocenters. The number of nitrogens with one attached hydrogen (secondary N) is 1. The highest BCUT2D eigenvalue weighted by atomic mass is 16.5.